The van der Waals surface area contributed by atoms with Crippen LogP contribution in [0.1, 0.15) is 33.3 Å². The largest absolute Gasteiger partial charge is 0.493 e. The second-order valence-corrected chi connectivity index (χ2v) is 8.00. The van der Waals surface area contributed by atoms with E-state index in [1.54, 1.807) is 21.3 Å². The second kappa shape index (κ2) is 8.84. The highest BCUT2D eigenvalue weighted by Crippen LogP contribution is 2.38. The zero-order chi connectivity index (χ0) is 20.9. The molecule has 0 aliphatic carbocycles. The average Bonchev–Trinajstić information content (AvgIpc) is 2.87. The number of carbonyl (C=O) groups excluding carboxylic acids is 1. The molecule has 0 atom stereocenters. The summed E-state index contributed by atoms with van der Waals surface area (Å²) in [4.78, 5) is 12.5. The van der Waals surface area contributed by atoms with E-state index in [0.717, 1.165) is 11.1 Å². The van der Waals surface area contributed by atoms with Gasteiger partial charge in [-0.3, -0.25) is 10.1 Å². The van der Waals surface area contributed by atoms with Gasteiger partial charge in [0.15, 0.2) is 11.5 Å². The molecule has 0 fully saturated rings. The molecule has 7 heteroatoms. The van der Waals surface area contributed by atoms with E-state index in [4.69, 9.17) is 14.2 Å². The maximum Gasteiger partial charge on any atom is 0.248 e. The third kappa shape index (κ3) is 5.17. The summed E-state index contributed by atoms with van der Waals surface area (Å²) in [7, 11) is 4.78. The lowest BCUT2D eigenvalue weighted by Crippen LogP contribution is -2.48. The Morgan fingerprint density at radius 3 is 2.07 bits per heavy atom. The van der Waals surface area contributed by atoms with E-state index in [9.17, 15) is 4.79 Å². The molecule has 156 valence electrons. The molecule has 1 aromatic carbocycles. The van der Waals surface area contributed by atoms with E-state index in [2.05, 4.69) is 29.8 Å². The molecule has 0 spiro atoms. The zero-order valence-corrected chi connectivity index (χ0v) is 18.0. The van der Waals surface area contributed by atoms with Crippen molar-refractivity contribution in [2.75, 3.05) is 34.4 Å². The number of hydrogen-bond acceptors (Lipinski definition) is 6. The number of nitrogens with one attached hydrogen (secondary N) is 3. The van der Waals surface area contributed by atoms with Crippen LogP contribution in [0.2, 0.25) is 0 Å². The lowest BCUT2D eigenvalue weighted by Gasteiger charge is -2.27. The van der Waals surface area contributed by atoms with Crippen molar-refractivity contribution in [1.82, 2.24) is 16.0 Å². The smallest absolute Gasteiger partial charge is 0.248 e. The van der Waals surface area contributed by atoms with Crippen molar-refractivity contribution >= 4 is 5.91 Å². The van der Waals surface area contributed by atoms with Crippen molar-refractivity contribution in [3.8, 4) is 17.2 Å². The molecule has 0 unspecified atom stereocenters. The highest BCUT2D eigenvalue weighted by Gasteiger charge is 2.39. The molecule has 0 saturated heterocycles. The van der Waals surface area contributed by atoms with Gasteiger partial charge in [-0.1, -0.05) is 6.08 Å². The number of hydrogen-bond donors (Lipinski definition) is 3. The minimum absolute atomic E-state index is 0.0299. The maximum atomic E-state index is 12.5. The third-order valence-corrected chi connectivity index (χ3v) is 4.70. The SMILES string of the molecule is COc1cc(CNCCNC(=O)C2=CC(C)(C)NC2(C)C)cc(OC)c1OC. The van der Waals surface area contributed by atoms with Gasteiger partial charge in [0.2, 0.25) is 11.7 Å². The van der Waals surface area contributed by atoms with Crippen LogP contribution < -0.4 is 30.2 Å². The first-order chi connectivity index (χ1) is 13.1. The average molecular weight is 392 g/mol. The van der Waals surface area contributed by atoms with Crippen LogP contribution in [-0.4, -0.2) is 51.4 Å². The highest BCUT2D eigenvalue weighted by molar-refractivity contribution is 5.96. The minimum atomic E-state index is -0.336. The first-order valence-electron chi connectivity index (χ1n) is 9.44. The van der Waals surface area contributed by atoms with E-state index >= 15 is 0 Å². The summed E-state index contributed by atoms with van der Waals surface area (Å²) in [6, 6.07) is 3.82. The molecule has 1 heterocycles. The number of carbonyl (C=O) groups is 1. The predicted molar refractivity (Wildman–Crippen MR) is 110 cm³/mol. The molecule has 1 aliphatic heterocycles. The van der Waals surface area contributed by atoms with Crippen LogP contribution in [0.25, 0.3) is 0 Å². The van der Waals surface area contributed by atoms with Crippen molar-refractivity contribution in [2.24, 2.45) is 0 Å². The third-order valence-electron chi connectivity index (χ3n) is 4.70. The monoisotopic (exact) mass is 391 g/mol. The number of amides is 1. The van der Waals surface area contributed by atoms with Gasteiger partial charge in [0.05, 0.1) is 21.3 Å². The van der Waals surface area contributed by atoms with Crippen LogP contribution in [0.4, 0.5) is 0 Å². The van der Waals surface area contributed by atoms with E-state index < -0.39 is 0 Å². The van der Waals surface area contributed by atoms with E-state index in [0.29, 0.717) is 36.9 Å². The fourth-order valence-corrected chi connectivity index (χ4v) is 3.63. The summed E-state index contributed by atoms with van der Waals surface area (Å²) in [5, 5.41) is 9.76. The van der Waals surface area contributed by atoms with Crippen molar-refractivity contribution in [3.63, 3.8) is 0 Å². The molecule has 3 N–H and O–H groups in total. The molecule has 1 amide bonds. The maximum absolute atomic E-state index is 12.5. The summed E-state index contributed by atoms with van der Waals surface area (Å²) in [6.07, 6.45) is 2.01. The molecule has 0 saturated carbocycles. The normalized spacial score (nSPS) is 17.0. The van der Waals surface area contributed by atoms with Gasteiger partial charge in [0.1, 0.15) is 0 Å². The first-order valence-corrected chi connectivity index (χ1v) is 9.44. The Kier molecular flexibility index (Phi) is 6.96. The van der Waals surface area contributed by atoms with Gasteiger partial charge >= 0.3 is 0 Å². The molecule has 28 heavy (non-hydrogen) atoms. The fraction of sp³-hybridized carbons (Fsp3) is 0.571. The summed E-state index contributed by atoms with van der Waals surface area (Å²) >= 11 is 0. The van der Waals surface area contributed by atoms with Crippen LogP contribution in [0.3, 0.4) is 0 Å². The van der Waals surface area contributed by atoms with Gasteiger partial charge in [0.25, 0.3) is 0 Å². The van der Waals surface area contributed by atoms with Gasteiger partial charge < -0.3 is 24.8 Å². The van der Waals surface area contributed by atoms with Gasteiger partial charge in [-0.15, -0.1) is 0 Å². The second-order valence-electron chi connectivity index (χ2n) is 8.00. The Morgan fingerprint density at radius 2 is 1.61 bits per heavy atom. The Labute approximate surface area is 167 Å². The van der Waals surface area contributed by atoms with Gasteiger partial charge in [0, 0.05) is 36.3 Å². The molecule has 1 aliphatic rings. The van der Waals surface area contributed by atoms with Crippen LogP contribution in [0.5, 0.6) is 17.2 Å². The van der Waals surface area contributed by atoms with Crippen molar-refractivity contribution in [2.45, 2.75) is 45.3 Å². The van der Waals surface area contributed by atoms with Crippen molar-refractivity contribution in [1.29, 1.82) is 0 Å². The summed E-state index contributed by atoms with van der Waals surface area (Å²) in [5.74, 6) is 1.79. The van der Waals surface area contributed by atoms with Crippen LogP contribution in [0.15, 0.2) is 23.8 Å². The fourth-order valence-electron chi connectivity index (χ4n) is 3.63. The molecule has 0 bridgehead atoms. The van der Waals surface area contributed by atoms with Crippen LogP contribution in [-0.2, 0) is 11.3 Å². The molecular weight excluding hydrogens is 358 g/mol. The molecular formula is C21H33N3O4. The van der Waals surface area contributed by atoms with E-state index in [1.807, 2.05) is 32.1 Å². The van der Waals surface area contributed by atoms with E-state index in [-0.39, 0.29) is 17.0 Å². The lowest BCUT2D eigenvalue weighted by atomic mass is 9.96. The first kappa shape index (κ1) is 22.0. The Hall–Kier alpha value is -2.25. The molecule has 2 rings (SSSR count). The van der Waals surface area contributed by atoms with Gasteiger partial charge in [-0.25, -0.2) is 0 Å². The van der Waals surface area contributed by atoms with Gasteiger partial charge in [-0.2, -0.15) is 0 Å². The summed E-state index contributed by atoms with van der Waals surface area (Å²) in [6.45, 7) is 9.98. The van der Waals surface area contributed by atoms with Crippen LogP contribution in [0, 0.1) is 0 Å². The standard InChI is InChI=1S/C21H33N3O4/c1-20(2)12-15(21(3,4)24-20)19(25)23-9-8-22-13-14-10-16(26-5)18(28-7)17(11-14)27-6/h10-12,22,24H,8-9,13H2,1-7H3,(H,23,25). The number of ether oxygens (including phenoxy) is 3. The number of benzene rings is 1. The zero-order valence-electron chi connectivity index (χ0n) is 18.0. The molecule has 0 radical (unpaired) electrons. The predicted octanol–water partition coefficient (Wildman–Crippen LogP) is 2.00. The summed E-state index contributed by atoms with van der Waals surface area (Å²) in [5.41, 5.74) is 1.27. The molecule has 1 aromatic rings. The number of methoxy groups -OCH3 is 3. The molecule has 0 aromatic heterocycles. The Balaban J connectivity index is 1.86. The lowest BCUT2D eigenvalue weighted by molar-refractivity contribution is -0.118. The quantitative estimate of drug-likeness (QED) is 0.559. The Bertz CT molecular complexity index is 716. The van der Waals surface area contributed by atoms with Crippen LogP contribution >= 0.6 is 0 Å². The Morgan fingerprint density at radius 1 is 1.00 bits per heavy atom. The minimum Gasteiger partial charge on any atom is -0.493 e. The van der Waals surface area contributed by atoms with Crippen molar-refractivity contribution < 1.29 is 19.0 Å². The molecule has 7 nitrogen and oxygen atoms in total. The number of rotatable bonds is 9. The van der Waals surface area contributed by atoms with Crippen molar-refractivity contribution in [3.05, 3.63) is 29.3 Å². The van der Waals surface area contributed by atoms with Gasteiger partial charge in [-0.05, 0) is 45.4 Å². The highest BCUT2D eigenvalue weighted by atomic mass is 16.5. The topological polar surface area (TPSA) is 80.9 Å². The van der Waals surface area contributed by atoms with E-state index in [1.165, 1.54) is 0 Å². The summed E-state index contributed by atoms with van der Waals surface area (Å²) < 4.78 is 16.1.